The number of benzene rings is 1. The van der Waals surface area contributed by atoms with E-state index >= 15 is 0 Å². The van der Waals surface area contributed by atoms with Gasteiger partial charge in [0, 0.05) is 17.1 Å². The maximum absolute atomic E-state index is 12.5. The number of aliphatic hydroxyl groups is 1. The van der Waals surface area contributed by atoms with E-state index in [4.69, 9.17) is 9.47 Å². The normalized spacial score (nSPS) is 12.7. The summed E-state index contributed by atoms with van der Waals surface area (Å²) in [4.78, 5) is 31.1. The number of aromatic nitrogens is 4. The Balaban J connectivity index is 1.99. The molecule has 0 saturated carbocycles. The van der Waals surface area contributed by atoms with Crippen LogP contribution in [0.4, 0.5) is 5.95 Å². The van der Waals surface area contributed by atoms with Crippen molar-refractivity contribution in [1.29, 1.82) is 0 Å². The van der Waals surface area contributed by atoms with Gasteiger partial charge in [-0.3, -0.25) is 14.3 Å². The monoisotopic (exact) mass is 508 g/mol. The topological polar surface area (TPSA) is 136 Å². The van der Waals surface area contributed by atoms with Crippen molar-refractivity contribution in [3.8, 4) is 5.75 Å². The molecular formula is C20H25BrN6O5. The molecular weight excluding hydrogens is 484 g/mol. The second-order valence-electron chi connectivity index (χ2n) is 7.33. The van der Waals surface area contributed by atoms with E-state index < -0.39 is 17.4 Å². The molecule has 11 nitrogen and oxygen atoms in total. The maximum atomic E-state index is 12.5. The molecule has 0 amide bonds. The van der Waals surface area contributed by atoms with Crippen LogP contribution in [0.1, 0.15) is 19.4 Å². The smallest absolute Gasteiger partial charge is 0.329 e. The number of anilines is 1. The summed E-state index contributed by atoms with van der Waals surface area (Å²) in [5.74, 6) is 0.799. The number of nitrogens with zero attached hydrogens (tertiary/aromatic N) is 4. The molecule has 0 radical (unpaired) electrons. The highest BCUT2D eigenvalue weighted by atomic mass is 79.9. The second-order valence-corrected chi connectivity index (χ2v) is 8.24. The van der Waals surface area contributed by atoms with E-state index in [1.807, 2.05) is 26.0 Å². The van der Waals surface area contributed by atoms with Crippen molar-refractivity contribution in [2.45, 2.75) is 32.6 Å². The van der Waals surface area contributed by atoms with Crippen LogP contribution in [0.5, 0.6) is 5.75 Å². The van der Waals surface area contributed by atoms with Gasteiger partial charge in [-0.05, 0) is 32.0 Å². The molecule has 0 fully saturated rings. The third-order valence-electron chi connectivity index (χ3n) is 4.58. The molecule has 0 aliphatic rings. The molecule has 0 aliphatic heterocycles. The first-order valence-electron chi connectivity index (χ1n) is 9.83. The lowest BCUT2D eigenvalue weighted by Gasteiger charge is -2.15. The highest BCUT2D eigenvalue weighted by molar-refractivity contribution is 9.10. The molecule has 0 saturated heterocycles. The van der Waals surface area contributed by atoms with Gasteiger partial charge in [-0.15, -0.1) is 0 Å². The Morgan fingerprint density at radius 1 is 1.38 bits per heavy atom. The molecule has 3 rings (SSSR count). The van der Waals surface area contributed by atoms with Crippen LogP contribution in [0.15, 0.2) is 37.4 Å². The number of hydrogen-bond acceptors (Lipinski definition) is 8. The molecule has 172 valence electrons. The summed E-state index contributed by atoms with van der Waals surface area (Å²) in [7, 11) is 3.05. The van der Waals surface area contributed by atoms with Crippen molar-refractivity contribution in [3.63, 3.8) is 0 Å². The zero-order valence-electron chi connectivity index (χ0n) is 18.1. The molecule has 2 heterocycles. The second kappa shape index (κ2) is 10.1. The number of H-pyrrole nitrogens is 1. The van der Waals surface area contributed by atoms with Crippen molar-refractivity contribution < 1.29 is 14.6 Å². The highest BCUT2D eigenvalue weighted by Gasteiger charge is 2.20. The first-order chi connectivity index (χ1) is 15.2. The van der Waals surface area contributed by atoms with Gasteiger partial charge in [0.25, 0.3) is 5.56 Å². The van der Waals surface area contributed by atoms with Gasteiger partial charge >= 0.3 is 5.69 Å². The molecule has 3 N–H and O–H groups in total. The standard InChI is InChI=1S/C20H25BrN6O5/c1-11(2)32-10-14(28)9-27-16-17(26(3)20(30)24-18(16)29)23-19(27)25-22-8-12-7-13(21)5-6-15(12)31-4/h5-8,11,14,28H,9-10H2,1-4H3,(H,23,25)(H,24,29,30)/b22-8-/t14-/m0/s1. The minimum atomic E-state index is -0.916. The lowest BCUT2D eigenvalue weighted by atomic mass is 10.2. The van der Waals surface area contributed by atoms with Gasteiger partial charge in [0.05, 0.1) is 38.7 Å². The van der Waals surface area contributed by atoms with Gasteiger partial charge in [-0.2, -0.15) is 10.1 Å². The van der Waals surface area contributed by atoms with Crippen molar-refractivity contribution in [2.75, 3.05) is 19.1 Å². The summed E-state index contributed by atoms with van der Waals surface area (Å²) in [6.45, 7) is 3.79. The van der Waals surface area contributed by atoms with Gasteiger partial charge in [0.1, 0.15) is 5.75 Å². The maximum Gasteiger partial charge on any atom is 0.329 e. The van der Waals surface area contributed by atoms with Crippen molar-refractivity contribution in [3.05, 3.63) is 49.1 Å². The van der Waals surface area contributed by atoms with E-state index in [1.165, 1.54) is 22.4 Å². The minimum absolute atomic E-state index is 0.00254. The number of rotatable bonds is 9. The molecule has 3 aromatic rings. The summed E-state index contributed by atoms with van der Waals surface area (Å²) in [5, 5.41) is 14.6. The predicted octanol–water partition coefficient (Wildman–Crippen LogP) is 1.43. The van der Waals surface area contributed by atoms with Crippen molar-refractivity contribution in [2.24, 2.45) is 12.1 Å². The Labute approximate surface area is 191 Å². The van der Waals surface area contributed by atoms with Crippen LogP contribution in [0.25, 0.3) is 11.2 Å². The van der Waals surface area contributed by atoms with Crippen LogP contribution < -0.4 is 21.4 Å². The molecule has 32 heavy (non-hydrogen) atoms. The SMILES string of the molecule is COc1ccc(Br)cc1/C=N\Nc1nc2c(c(=O)[nH]c(=O)n2C)n1C[C@H](O)COC(C)C. The highest BCUT2D eigenvalue weighted by Crippen LogP contribution is 2.22. The fourth-order valence-electron chi connectivity index (χ4n) is 3.03. The minimum Gasteiger partial charge on any atom is -0.496 e. The van der Waals surface area contributed by atoms with E-state index in [-0.39, 0.29) is 36.4 Å². The fraction of sp³-hybridized carbons (Fsp3) is 0.400. The third kappa shape index (κ3) is 5.26. The van der Waals surface area contributed by atoms with Gasteiger partial charge in [-0.25, -0.2) is 10.2 Å². The van der Waals surface area contributed by atoms with E-state index in [1.54, 1.807) is 13.2 Å². The van der Waals surface area contributed by atoms with Crippen LogP contribution in [0.2, 0.25) is 0 Å². The predicted molar refractivity (Wildman–Crippen MR) is 125 cm³/mol. The number of hydrogen-bond donors (Lipinski definition) is 3. The number of ether oxygens (including phenoxy) is 2. The van der Waals surface area contributed by atoms with Gasteiger partial charge < -0.3 is 19.1 Å². The summed E-state index contributed by atoms with van der Waals surface area (Å²) in [5.41, 5.74) is 2.59. The van der Waals surface area contributed by atoms with Gasteiger partial charge in [-0.1, -0.05) is 15.9 Å². The number of hydrazone groups is 1. The molecule has 0 unspecified atom stereocenters. The Morgan fingerprint density at radius 3 is 2.81 bits per heavy atom. The van der Waals surface area contributed by atoms with Crippen LogP contribution in [0.3, 0.4) is 0 Å². The van der Waals surface area contributed by atoms with E-state index in [9.17, 15) is 14.7 Å². The van der Waals surface area contributed by atoms with Crippen LogP contribution in [-0.4, -0.2) is 56.3 Å². The summed E-state index contributed by atoms with van der Waals surface area (Å²) >= 11 is 3.41. The summed E-state index contributed by atoms with van der Waals surface area (Å²) in [6.07, 6.45) is 0.561. The van der Waals surface area contributed by atoms with Gasteiger partial charge in [0.2, 0.25) is 5.95 Å². The average molecular weight is 509 g/mol. The zero-order chi connectivity index (χ0) is 23.4. The summed E-state index contributed by atoms with van der Waals surface area (Å²) < 4.78 is 14.3. The number of aliphatic hydroxyl groups excluding tert-OH is 1. The molecule has 12 heteroatoms. The van der Waals surface area contributed by atoms with E-state index in [0.717, 1.165) is 4.47 Å². The molecule has 1 aromatic carbocycles. The Morgan fingerprint density at radius 2 is 2.12 bits per heavy atom. The molecule has 1 atom stereocenters. The van der Waals surface area contributed by atoms with Crippen molar-refractivity contribution >= 4 is 39.3 Å². The number of halogens is 1. The number of methoxy groups -OCH3 is 1. The number of imidazole rings is 1. The number of fused-ring (bicyclic) bond motifs is 1. The Kier molecular flexibility index (Phi) is 7.48. The van der Waals surface area contributed by atoms with Crippen LogP contribution in [-0.2, 0) is 18.3 Å². The molecule has 2 aromatic heterocycles. The number of nitrogens with one attached hydrogen (secondary N) is 2. The number of aryl methyl sites for hydroxylation is 1. The van der Waals surface area contributed by atoms with E-state index in [2.05, 4.69) is 36.4 Å². The molecule has 0 aliphatic carbocycles. The first-order valence-corrected chi connectivity index (χ1v) is 10.6. The largest absolute Gasteiger partial charge is 0.496 e. The lowest BCUT2D eigenvalue weighted by molar-refractivity contribution is -0.000105. The molecule has 0 spiro atoms. The lowest BCUT2D eigenvalue weighted by Crippen LogP contribution is -2.30. The van der Waals surface area contributed by atoms with Crippen LogP contribution >= 0.6 is 15.9 Å². The third-order valence-corrected chi connectivity index (χ3v) is 5.08. The first kappa shape index (κ1) is 23.7. The zero-order valence-corrected chi connectivity index (χ0v) is 19.7. The number of aromatic amines is 1. The molecule has 0 bridgehead atoms. The van der Waals surface area contributed by atoms with Crippen LogP contribution in [0, 0.1) is 0 Å². The van der Waals surface area contributed by atoms with Gasteiger partial charge in [0.15, 0.2) is 11.2 Å². The van der Waals surface area contributed by atoms with Crippen molar-refractivity contribution in [1.82, 2.24) is 19.1 Å². The Hall–Kier alpha value is -2.96. The average Bonchev–Trinajstić information content (AvgIpc) is 3.09. The van der Waals surface area contributed by atoms with E-state index in [0.29, 0.717) is 11.3 Å². The quantitative estimate of drug-likeness (QED) is 0.293. The summed E-state index contributed by atoms with van der Waals surface area (Å²) in [6, 6.07) is 5.46. The fourth-order valence-corrected chi connectivity index (χ4v) is 3.41. The Bertz CT molecular complexity index is 1250.